The van der Waals surface area contributed by atoms with Crippen molar-refractivity contribution in [3.8, 4) is 0 Å². The summed E-state index contributed by atoms with van der Waals surface area (Å²) >= 11 is 0. The molecule has 0 unspecified atom stereocenters. The first-order chi connectivity index (χ1) is 10.3. The molecule has 1 aliphatic rings. The number of rotatable bonds is 1. The van der Waals surface area contributed by atoms with Gasteiger partial charge in [-0.3, -0.25) is 4.79 Å². The molecule has 1 aliphatic heterocycles. The highest BCUT2D eigenvalue weighted by Crippen LogP contribution is 2.11. The van der Waals surface area contributed by atoms with E-state index in [1.165, 1.54) is 0 Å². The van der Waals surface area contributed by atoms with E-state index in [1.54, 1.807) is 12.1 Å². The van der Waals surface area contributed by atoms with Gasteiger partial charge >= 0.3 is 0 Å². The smallest absolute Gasteiger partial charge is 0.252 e. The van der Waals surface area contributed by atoms with Crippen molar-refractivity contribution in [3.63, 3.8) is 0 Å². The topological polar surface area (TPSA) is 64.6 Å². The Balaban J connectivity index is 2.16. The first kappa shape index (κ1) is 15.4. The van der Waals surface area contributed by atoms with Gasteiger partial charge in [-0.15, -0.1) is 0 Å². The monoisotopic (exact) mass is 289 g/mol. The number of ether oxygens (including phenoxy) is 2. The molecule has 1 aromatic rings. The van der Waals surface area contributed by atoms with Crippen molar-refractivity contribution in [2.75, 3.05) is 19.8 Å². The quantitative estimate of drug-likeness (QED) is 0.628. The number of amides is 1. The Morgan fingerprint density at radius 3 is 2.81 bits per heavy atom. The number of nitrogens with one attached hydrogen (secondary N) is 1. The van der Waals surface area contributed by atoms with Crippen LogP contribution < -0.4 is 5.32 Å². The molecule has 1 heterocycles. The molecule has 0 spiro atoms. The molecule has 1 aromatic carbocycles. The van der Waals surface area contributed by atoms with Crippen molar-refractivity contribution in [1.82, 2.24) is 5.32 Å². The average Bonchev–Trinajstić information content (AvgIpc) is 2.51. The van der Waals surface area contributed by atoms with Gasteiger partial charge in [0.2, 0.25) is 0 Å². The van der Waals surface area contributed by atoms with Crippen LogP contribution in [0.3, 0.4) is 0 Å². The molecule has 0 aliphatic carbocycles. The second-order valence-corrected chi connectivity index (χ2v) is 4.71. The van der Waals surface area contributed by atoms with Crippen LogP contribution >= 0.6 is 0 Å². The molecule has 5 nitrogen and oxygen atoms in total. The largest absolute Gasteiger partial charge is 0.375 e. The Hall–Kier alpha value is -1.98. The fraction of sp³-hybridized carbons (Fsp3) is 0.375. The number of carbonyl (C=O) groups excluding carboxylic acids is 2. The van der Waals surface area contributed by atoms with Gasteiger partial charge in [0.1, 0.15) is 6.29 Å². The summed E-state index contributed by atoms with van der Waals surface area (Å²) in [7, 11) is 0. The highest BCUT2D eigenvalue weighted by atomic mass is 16.5. The first-order valence-electron chi connectivity index (χ1n) is 6.96. The molecular formula is C16H19NO4. The summed E-state index contributed by atoms with van der Waals surface area (Å²) in [6.07, 6.45) is 4.87. The normalized spacial score (nSPS) is 22.5. The molecule has 1 amide bonds. The molecule has 0 saturated carbocycles. The van der Waals surface area contributed by atoms with Gasteiger partial charge in [-0.1, -0.05) is 30.4 Å². The van der Waals surface area contributed by atoms with Gasteiger partial charge in [0, 0.05) is 5.56 Å². The van der Waals surface area contributed by atoms with Crippen LogP contribution in [0.15, 0.2) is 36.4 Å². The molecule has 5 heteroatoms. The lowest BCUT2D eigenvalue weighted by Crippen LogP contribution is -2.36. The molecule has 0 fully saturated rings. The van der Waals surface area contributed by atoms with E-state index >= 15 is 0 Å². The Bertz CT molecular complexity index is 513. The predicted octanol–water partition coefficient (Wildman–Crippen LogP) is 1.48. The number of carbonyl (C=O) groups is 2. The van der Waals surface area contributed by atoms with Gasteiger partial charge in [0.05, 0.1) is 32.5 Å². The van der Waals surface area contributed by atoms with Crippen molar-refractivity contribution >= 4 is 12.2 Å². The van der Waals surface area contributed by atoms with E-state index in [9.17, 15) is 9.59 Å². The molecule has 1 atom stereocenters. The van der Waals surface area contributed by atoms with Crippen molar-refractivity contribution in [2.45, 2.75) is 19.1 Å². The van der Waals surface area contributed by atoms with Gasteiger partial charge in [0.15, 0.2) is 0 Å². The van der Waals surface area contributed by atoms with Gasteiger partial charge in [0.25, 0.3) is 5.91 Å². The van der Waals surface area contributed by atoms with Gasteiger partial charge in [-0.2, -0.15) is 0 Å². The molecule has 21 heavy (non-hydrogen) atoms. The average molecular weight is 289 g/mol. The van der Waals surface area contributed by atoms with E-state index in [-0.39, 0.29) is 5.91 Å². The second-order valence-electron chi connectivity index (χ2n) is 4.71. The zero-order valence-corrected chi connectivity index (χ0v) is 11.8. The number of fused-ring (bicyclic) bond motifs is 1. The van der Waals surface area contributed by atoms with E-state index < -0.39 is 6.04 Å². The van der Waals surface area contributed by atoms with Crippen molar-refractivity contribution in [1.29, 1.82) is 0 Å². The summed E-state index contributed by atoms with van der Waals surface area (Å²) in [5.41, 5.74) is 1.33. The van der Waals surface area contributed by atoms with Crippen LogP contribution in [-0.2, 0) is 20.9 Å². The van der Waals surface area contributed by atoms with Crippen LogP contribution in [0.25, 0.3) is 0 Å². The molecular weight excluding hydrogens is 270 g/mol. The zero-order chi connectivity index (χ0) is 14.9. The van der Waals surface area contributed by atoms with E-state index in [1.807, 2.05) is 24.3 Å². The van der Waals surface area contributed by atoms with Gasteiger partial charge in [-0.05, 0) is 18.1 Å². The van der Waals surface area contributed by atoms with Crippen LogP contribution in [0, 0.1) is 0 Å². The fourth-order valence-electron chi connectivity index (χ4n) is 2.02. The summed E-state index contributed by atoms with van der Waals surface area (Å²) in [5, 5.41) is 2.72. The number of hydrogen-bond donors (Lipinski definition) is 1. The lowest BCUT2D eigenvalue weighted by Gasteiger charge is -2.14. The van der Waals surface area contributed by atoms with Crippen LogP contribution in [0.1, 0.15) is 22.3 Å². The van der Waals surface area contributed by atoms with E-state index in [4.69, 9.17) is 9.47 Å². The number of aldehydes is 1. The summed E-state index contributed by atoms with van der Waals surface area (Å²) in [6.45, 7) is 1.78. The zero-order valence-electron chi connectivity index (χ0n) is 11.8. The van der Waals surface area contributed by atoms with E-state index in [0.717, 1.165) is 11.8 Å². The number of benzene rings is 1. The summed E-state index contributed by atoms with van der Waals surface area (Å²) < 4.78 is 10.9. The Morgan fingerprint density at radius 1 is 1.14 bits per heavy atom. The maximum absolute atomic E-state index is 12.3. The first-order valence-corrected chi connectivity index (χ1v) is 6.96. The third kappa shape index (κ3) is 4.81. The fourth-order valence-corrected chi connectivity index (χ4v) is 2.02. The minimum atomic E-state index is -0.536. The molecule has 2 rings (SSSR count). The van der Waals surface area contributed by atoms with Crippen LogP contribution in [0.4, 0.5) is 0 Å². The maximum Gasteiger partial charge on any atom is 0.252 e. The van der Waals surface area contributed by atoms with Gasteiger partial charge < -0.3 is 19.6 Å². The second kappa shape index (κ2) is 8.34. The molecule has 0 radical (unpaired) electrons. The summed E-state index contributed by atoms with van der Waals surface area (Å²) in [5.74, 6) is -0.256. The molecule has 0 saturated heterocycles. The standard InChI is InChI=1S/C16H19NO4/c18-11-14-6-3-4-8-20-9-10-21-12-13-5-1-2-7-15(13)16(19)17-14/h1-5,7,11,14H,6,8-10,12H2,(H,17,19)/b4-3+/t14-/m0/s1. The third-order valence-electron chi connectivity index (χ3n) is 3.14. The molecule has 1 N–H and O–H groups in total. The SMILES string of the molecule is O=C[C@@H]1C/C=C/COCCOCc2ccccc2C(=O)N1. The predicted molar refractivity (Wildman–Crippen MR) is 78.0 cm³/mol. The van der Waals surface area contributed by atoms with E-state index in [0.29, 0.717) is 38.4 Å². The van der Waals surface area contributed by atoms with Crippen molar-refractivity contribution in [3.05, 3.63) is 47.5 Å². The van der Waals surface area contributed by atoms with Crippen LogP contribution in [0.5, 0.6) is 0 Å². The molecule has 0 aromatic heterocycles. The van der Waals surface area contributed by atoms with Crippen LogP contribution in [0.2, 0.25) is 0 Å². The highest BCUT2D eigenvalue weighted by molar-refractivity contribution is 5.97. The maximum atomic E-state index is 12.3. The highest BCUT2D eigenvalue weighted by Gasteiger charge is 2.15. The van der Waals surface area contributed by atoms with Crippen molar-refractivity contribution < 1.29 is 19.1 Å². The van der Waals surface area contributed by atoms with Crippen LogP contribution in [-0.4, -0.2) is 38.1 Å². The van der Waals surface area contributed by atoms with E-state index in [2.05, 4.69) is 5.32 Å². The van der Waals surface area contributed by atoms with Gasteiger partial charge in [-0.25, -0.2) is 0 Å². The lowest BCUT2D eigenvalue weighted by molar-refractivity contribution is -0.109. The lowest BCUT2D eigenvalue weighted by atomic mass is 10.1. The minimum Gasteiger partial charge on any atom is -0.375 e. The molecule has 0 bridgehead atoms. The summed E-state index contributed by atoms with van der Waals surface area (Å²) in [4.78, 5) is 23.3. The van der Waals surface area contributed by atoms with Crippen molar-refractivity contribution in [2.24, 2.45) is 0 Å². The molecule has 112 valence electrons. The Labute approximate surface area is 123 Å². The third-order valence-corrected chi connectivity index (χ3v) is 3.14. The number of hydrogen-bond acceptors (Lipinski definition) is 4. The minimum absolute atomic E-state index is 0.256. The summed E-state index contributed by atoms with van der Waals surface area (Å²) in [6, 6.07) is 6.69. The Morgan fingerprint density at radius 2 is 1.95 bits per heavy atom. The Kier molecular flexibility index (Phi) is 6.12.